The van der Waals surface area contributed by atoms with Gasteiger partial charge in [0.15, 0.2) is 0 Å². The molecule has 1 atom stereocenters. The Kier molecular flexibility index (Phi) is 5.37. The average Bonchev–Trinajstić information content (AvgIpc) is 2.54. The largest absolute Gasteiger partial charge is 0.497 e. The third-order valence-corrected chi connectivity index (χ3v) is 4.49. The van der Waals surface area contributed by atoms with Gasteiger partial charge in [0.2, 0.25) is 0 Å². The Hall–Kier alpha value is -1.65. The molecule has 0 aliphatic rings. The number of ether oxygens (including phenoxy) is 2. The normalized spacial score (nSPS) is 13.5. The van der Waals surface area contributed by atoms with E-state index in [1.807, 2.05) is 55.6 Å². The maximum Gasteiger partial charge on any atom is 0.119 e. The Labute approximate surface area is 136 Å². The van der Waals surface area contributed by atoms with Crippen LogP contribution in [0.2, 0.25) is 0 Å². The third kappa shape index (κ3) is 3.76. The Morgan fingerprint density at radius 1 is 1.00 bits per heavy atom. The number of benzene rings is 2. The van der Waals surface area contributed by atoms with Crippen LogP contribution < -0.4 is 9.47 Å². The molecule has 0 saturated heterocycles. The van der Waals surface area contributed by atoms with Crippen molar-refractivity contribution in [2.24, 2.45) is 0 Å². The number of aliphatic hydroxyl groups is 1. The van der Waals surface area contributed by atoms with Crippen LogP contribution in [0.4, 0.5) is 0 Å². The molecule has 1 unspecified atom stereocenters. The van der Waals surface area contributed by atoms with Gasteiger partial charge in [-0.2, -0.15) is 0 Å². The van der Waals surface area contributed by atoms with E-state index in [1.54, 1.807) is 26.0 Å². The second-order valence-corrected chi connectivity index (χ2v) is 6.21. The molecule has 0 bridgehead atoms. The number of rotatable bonds is 6. The molecule has 0 amide bonds. The first-order valence-electron chi connectivity index (χ1n) is 7.08. The van der Waals surface area contributed by atoms with Crippen LogP contribution in [0.15, 0.2) is 47.4 Å². The van der Waals surface area contributed by atoms with E-state index in [2.05, 4.69) is 0 Å². The summed E-state index contributed by atoms with van der Waals surface area (Å²) in [6, 6.07) is 13.6. The van der Waals surface area contributed by atoms with Gasteiger partial charge in [-0.25, -0.2) is 0 Å². The van der Waals surface area contributed by atoms with Gasteiger partial charge >= 0.3 is 0 Å². The first-order valence-corrected chi connectivity index (χ1v) is 8.30. The van der Waals surface area contributed by atoms with Gasteiger partial charge in [-0.3, -0.25) is 0 Å². The zero-order valence-electron chi connectivity index (χ0n) is 13.4. The molecule has 0 saturated carbocycles. The average molecular weight is 318 g/mol. The molecular weight excluding hydrogens is 296 g/mol. The Morgan fingerprint density at radius 3 is 2.14 bits per heavy atom. The monoisotopic (exact) mass is 318 g/mol. The summed E-state index contributed by atoms with van der Waals surface area (Å²) in [5.74, 6) is 1.57. The zero-order chi connectivity index (χ0) is 16.2. The molecule has 4 heteroatoms. The molecule has 0 heterocycles. The highest BCUT2D eigenvalue weighted by molar-refractivity contribution is 7.98. The minimum Gasteiger partial charge on any atom is -0.497 e. The van der Waals surface area contributed by atoms with E-state index >= 15 is 0 Å². The maximum absolute atomic E-state index is 11.0. The Morgan fingerprint density at radius 2 is 1.59 bits per heavy atom. The zero-order valence-corrected chi connectivity index (χ0v) is 14.2. The van der Waals surface area contributed by atoms with Gasteiger partial charge in [-0.15, -0.1) is 11.8 Å². The van der Waals surface area contributed by atoms with Crippen molar-refractivity contribution in [3.63, 3.8) is 0 Å². The standard InChI is InChI=1S/C18H22O3S/c1-18(19,12-13-5-7-14(20-2)8-6-13)16-11-15(21-3)9-10-17(16)22-4/h5-11,19H,12H2,1-4H3. The number of thioether (sulfide) groups is 1. The molecule has 118 valence electrons. The third-order valence-electron chi connectivity index (χ3n) is 3.69. The van der Waals surface area contributed by atoms with Crippen molar-refractivity contribution in [1.29, 1.82) is 0 Å². The topological polar surface area (TPSA) is 38.7 Å². The van der Waals surface area contributed by atoms with Crippen LogP contribution in [0.1, 0.15) is 18.1 Å². The van der Waals surface area contributed by atoms with Crippen molar-refractivity contribution in [3.8, 4) is 11.5 Å². The predicted octanol–water partition coefficient (Wildman–Crippen LogP) is 3.88. The molecule has 0 spiro atoms. The van der Waals surface area contributed by atoms with E-state index in [9.17, 15) is 5.11 Å². The summed E-state index contributed by atoms with van der Waals surface area (Å²) in [5.41, 5.74) is 0.970. The molecule has 22 heavy (non-hydrogen) atoms. The van der Waals surface area contributed by atoms with E-state index in [-0.39, 0.29) is 0 Å². The van der Waals surface area contributed by atoms with Crippen LogP contribution in [0, 0.1) is 0 Å². The van der Waals surface area contributed by atoms with E-state index in [4.69, 9.17) is 9.47 Å². The van der Waals surface area contributed by atoms with Crippen molar-refractivity contribution in [2.75, 3.05) is 20.5 Å². The van der Waals surface area contributed by atoms with Gasteiger partial charge in [-0.05, 0) is 49.1 Å². The van der Waals surface area contributed by atoms with Crippen LogP contribution in [-0.4, -0.2) is 25.6 Å². The quantitative estimate of drug-likeness (QED) is 0.821. The summed E-state index contributed by atoms with van der Waals surface area (Å²) in [6.07, 6.45) is 2.53. The van der Waals surface area contributed by atoms with E-state index in [0.29, 0.717) is 6.42 Å². The molecule has 2 aromatic carbocycles. The minimum absolute atomic E-state index is 0.526. The second-order valence-electron chi connectivity index (χ2n) is 5.36. The van der Waals surface area contributed by atoms with Crippen LogP contribution >= 0.6 is 11.8 Å². The number of hydrogen-bond donors (Lipinski definition) is 1. The fraction of sp³-hybridized carbons (Fsp3) is 0.333. The molecule has 0 aliphatic carbocycles. The number of methoxy groups -OCH3 is 2. The van der Waals surface area contributed by atoms with Crippen molar-refractivity contribution in [2.45, 2.75) is 23.8 Å². The van der Waals surface area contributed by atoms with Gasteiger partial charge in [0.1, 0.15) is 11.5 Å². The fourth-order valence-electron chi connectivity index (χ4n) is 2.47. The van der Waals surface area contributed by atoms with Crippen molar-refractivity contribution >= 4 is 11.8 Å². The van der Waals surface area contributed by atoms with E-state index in [1.165, 1.54) is 0 Å². The SMILES string of the molecule is COc1ccc(CC(C)(O)c2cc(OC)ccc2SC)cc1. The first-order chi connectivity index (χ1) is 10.5. The fourth-order valence-corrected chi connectivity index (χ4v) is 3.17. The smallest absolute Gasteiger partial charge is 0.119 e. The van der Waals surface area contributed by atoms with Crippen molar-refractivity contribution in [3.05, 3.63) is 53.6 Å². The molecule has 1 N–H and O–H groups in total. The summed E-state index contributed by atoms with van der Waals surface area (Å²) in [6.45, 7) is 1.84. The summed E-state index contributed by atoms with van der Waals surface area (Å²) in [5, 5.41) is 11.0. The molecule has 2 rings (SSSR count). The van der Waals surface area contributed by atoms with Gasteiger partial charge in [0.05, 0.1) is 19.8 Å². The lowest BCUT2D eigenvalue weighted by molar-refractivity contribution is 0.0546. The summed E-state index contributed by atoms with van der Waals surface area (Å²) >= 11 is 1.62. The lowest BCUT2D eigenvalue weighted by atomic mass is 9.89. The minimum atomic E-state index is -0.971. The molecule has 0 fully saturated rings. The van der Waals surface area contributed by atoms with Crippen molar-refractivity contribution in [1.82, 2.24) is 0 Å². The summed E-state index contributed by atoms with van der Waals surface area (Å²) in [4.78, 5) is 1.05. The highest BCUT2D eigenvalue weighted by atomic mass is 32.2. The summed E-state index contributed by atoms with van der Waals surface area (Å²) in [7, 11) is 3.28. The molecule has 3 nitrogen and oxygen atoms in total. The highest BCUT2D eigenvalue weighted by Crippen LogP contribution is 2.35. The lowest BCUT2D eigenvalue weighted by Crippen LogP contribution is -2.25. The van der Waals surface area contributed by atoms with E-state index in [0.717, 1.165) is 27.5 Å². The van der Waals surface area contributed by atoms with Crippen LogP contribution in [0.5, 0.6) is 11.5 Å². The van der Waals surface area contributed by atoms with E-state index < -0.39 is 5.60 Å². The van der Waals surface area contributed by atoms with Gasteiger partial charge in [0.25, 0.3) is 0 Å². The highest BCUT2D eigenvalue weighted by Gasteiger charge is 2.27. The molecular formula is C18H22O3S. The number of hydrogen-bond acceptors (Lipinski definition) is 4. The summed E-state index contributed by atoms with van der Waals surface area (Å²) < 4.78 is 10.5. The Bertz CT molecular complexity index is 621. The van der Waals surface area contributed by atoms with Gasteiger partial charge < -0.3 is 14.6 Å². The van der Waals surface area contributed by atoms with Crippen LogP contribution in [-0.2, 0) is 12.0 Å². The first kappa shape index (κ1) is 16.7. The Balaban J connectivity index is 2.31. The second kappa shape index (κ2) is 7.07. The maximum atomic E-state index is 11.0. The van der Waals surface area contributed by atoms with Crippen molar-refractivity contribution < 1.29 is 14.6 Å². The molecule has 2 aromatic rings. The van der Waals surface area contributed by atoms with Gasteiger partial charge in [-0.1, -0.05) is 12.1 Å². The molecule has 0 aliphatic heterocycles. The lowest BCUT2D eigenvalue weighted by Gasteiger charge is -2.26. The van der Waals surface area contributed by atoms with Crippen LogP contribution in [0.3, 0.4) is 0 Å². The molecule has 0 aromatic heterocycles. The van der Waals surface area contributed by atoms with Gasteiger partial charge in [0, 0.05) is 16.9 Å². The van der Waals surface area contributed by atoms with Crippen LogP contribution in [0.25, 0.3) is 0 Å². The molecule has 0 radical (unpaired) electrons. The predicted molar refractivity (Wildman–Crippen MR) is 91.0 cm³/mol.